The molecule has 10 heteroatoms. The Morgan fingerprint density at radius 2 is 1.90 bits per heavy atom. The highest BCUT2D eigenvalue weighted by molar-refractivity contribution is 9.10. The maximum atomic E-state index is 12.5. The molecule has 31 heavy (non-hydrogen) atoms. The van der Waals surface area contributed by atoms with E-state index < -0.39 is 11.9 Å². The number of ether oxygens (including phenoxy) is 3. The largest absolute Gasteiger partial charge is 0.466 e. The minimum atomic E-state index is -0.675. The van der Waals surface area contributed by atoms with Crippen molar-refractivity contribution in [3.63, 3.8) is 0 Å². The lowest BCUT2D eigenvalue weighted by molar-refractivity contribution is -0.140. The Kier molecular flexibility index (Phi) is 5.99. The van der Waals surface area contributed by atoms with Crippen LogP contribution in [0, 0.1) is 0 Å². The maximum Gasteiger partial charge on any atom is 0.355 e. The Balaban J connectivity index is 1.79. The second-order valence-corrected chi connectivity index (χ2v) is 7.83. The van der Waals surface area contributed by atoms with Crippen LogP contribution in [0.5, 0.6) is 0 Å². The lowest BCUT2D eigenvalue weighted by atomic mass is 10.1. The number of methoxy groups -OCH3 is 2. The number of hydrogen-bond donors (Lipinski definition) is 0. The Morgan fingerprint density at radius 3 is 2.65 bits per heavy atom. The molecule has 0 bridgehead atoms. The van der Waals surface area contributed by atoms with E-state index >= 15 is 0 Å². The van der Waals surface area contributed by atoms with Crippen molar-refractivity contribution in [2.45, 2.75) is 0 Å². The van der Waals surface area contributed by atoms with Crippen LogP contribution in [0.2, 0.25) is 5.02 Å². The van der Waals surface area contributed by atoms with Gasteiger partial charge < -0.3 is 23.5 Å². The first kappa shape index (κ1) is 21.4. The molecule has 2 aromatic carbocycles. The summed E-state index contributed by atoms with van der Waals surface area (Å²) in [7, 11) is 2.48. The molecule has 0 radical (unpaired) electrons. The van der Waals surface area contributed by atoms with Crippen LogP contribution in [0.1, 0.15) is 0 Å². The van der Waals surface area contributed by atoms with Gasteiger partial charge in [0, 0.05) is 10.2 Å². The molecular formula is C21H16BrClN2O6. The predicted molar refractivity (Wildman–Crippen MR) is 117 cm³/mol. The van der Waals surface area contributed by atoms with E-state index in [9.17, 15) is 9.59 Å². The Labute approximate surface area is 190 Å². The lowest BCUT2D eigenvalue weighted by Gasteiger charge is -2.31. The third-order valence-corrected chi connectivity index (χ3v) is 5.50. The van der Waals surface area contributed by atoms with Crippen LogP contribution in [0.15, 0.2) is 56.6 Å². The van der Waals surface area contributed by atoms with Crippen molar-refractivity contribution >= 4 is 56.3 Å². The van der Waals surface area contributed by atoms with E-state index in [1.54, 1.807) is 24.3 Å². The van der Waals surface area contributed by atoms with Gasteiger partial charge in [0.25, 0.3) is 0 Å². The van der Waals surface area contributed by atoms with Crippen LogP contribution in [-0.4, -0.2) is 44.5 Å². The minimum Gasteiger partial charge on any atom is -0.466 e. The first-order valence-electron chi connectivity index (χ1n) is 9.04. The average molecular weight is 508 g/mol. The summed E-state index contributed by atoms with van der Waals surface area (Å²) in [6, 6.07) is 10.5. The number of fused-ring (bicyclic) bond motifs is 1. The van der Waals surface area contributed by atoms with Gasteiger partial charge in [0.1, 0.15) is 17.9 Å². The molecule has 1 aromatic heterocycles. The standard InChI is InChI=1S/C21H16BrClN2O6/c1-28-20(26)14-9-30-10-25(18(14)21(27)29-2)12-4-6-17-16(8-12)24-19(31-17)13-7-11(22)3-5-15(13)23/h3-8H,9-10H2,1-2H3. The van der Waals surface area contributed by atoms with Crippen LogP contribution >= 0.6 is 27.5 Å². The van der Waals surface area contributed by atoms with E-state index in [0.717, 1.165) is 4.47 Å². The van der Waals surface area contributed by atoms with Gasteiger partial charge in [0.05, 0.1) is 37.0 Å². The Morgan fingerprint density at radius 1 is 1.13 bits per heavy atom. The van der Waals surface area contributed by atoms with E-state index in [0.29, 0.717) is 33.3 Å². The average Bonchev–Trinajstić information content (AvgIpc) is 3.22. The number of oxazole rings is 1. The summed E-state index contributed by atoms with van der Waals surface area (Å²) >= 11 is 9.71. The summed E-state index contributed by atoms with van der Waals surface area (Å²) < 4.78 is 21.9. The van der Waals surface area contributed by atoms with Gasteiger partial charge >= 0.3 is 11.9 Å². The molecule has 0 spiro atoms. The highest BCUT2D eigenvalue weighted by Gasteiger charge is 2.32. The Hall–Kier alpha value is -2.88. The molecule has 2 heterocycles. The number of halogens is 2. The summed E-state index contributed by atoms with van der Waals surface area (Å²) in [5.74, 6) is -0.989. The number of nitrogens with zero attached hydrogens (tertiary/aromatic N) is 2. The van der Waals surface area contributed by atoms with Crippen molar-refractivity contribution in [1.82, 2.24) is 4.98 Å². The van der Waals surface area contributed by atoms with E-state index in [-0.39, 0.29) is 24.6 Å². The molecule has 1 aliphatic heterocycles. The van der Waals surface area contributed by atoms with Crippen LogP contribution in [0.4, 0.5) is 5.69 Å². The molecule has 0 saturated heterocycles. The number of esters is 2. The molecule has 0 amide bonds. The molecule has 0 N–H and O–H groups in total. The van der Waals surface area contributed by atoms with Gasteiger partial charge in [0.2, 0.25) is 5.89 Å². The van der Waals surface area contributed by atoms with Crippen LogP contribution in [0.25, 0.3) is 22.6 Å². The van der Waals surface area contributed by atoms with E-state index in [4.69, 9.17) is 30.2 Å². The van der Waals surface area contributed by atoms with Gasteiger partial charge in [-0.2, -0.15) is 0 Å². The molecule has 160 valence electrons. The second-order valence-electron chi connectivity index (χ2n) is 6.51. The van der Waals surface area contributed by atoms with Gasteiger partial charge in [0.15, 0.2) is 5.58 Å². The summed E-state index contributed by atoms with van der Waals surface area (Å²) in [4.78, 5) is 30.7. The minimum absolute atomic E-state index is 0.0403. The van der Waals surface area contributed by atoms with Gasteiger partial charge in [-0.25, -0.2) is 14.6 Å². The van der Waals surface area contributed by atoms with E-state index in [2.05, 4.69) is 20.9 Å². The number of rotatable bonds is 4. The molecule has 0 fully saturated rings. The Bertz CT molecular complexity index is 1220. The van der Waals surface area contributed by atoms with Gasteiger partial charge in [-0.15, -0.1) is 0 Å². The van der Waals surface area contributed by atoms with Gasteiger partial charge in [-0.3, -0.25) is 0 Å². The van der Waals surface area contributed by atoms with Crippen molar-refractivity contribution in [3.8, 4) is 11.5 Å². The molecular weight excluding hydrogens is 492 g/mol. The maximum absolute atomic E-state index is 12.5. The molecule has 0 aliphatic carbocycles. The summed E-state index contributed by atoms with van der Waals surface area (Å²) in [5.41, 5.74) is 2.40. The van der Waals surface area contributed by atoms with Gasteiger partial charge in [-0.1, -0.05) is 27.5 Å². The molecule has 8 nitrogen and oxygen atoms in total. The summed E-state index contributed by atoms with van der Waals surface area (Å²) in [6.45, 7) is -0.0239. The first-order chi connectivity index (χ1) is 14.9. The first-order valence-corrected chi connectivity index (χ1v) is 10.2. The zero-order chi connectivity index (χ0) is 22.1. The fourth-order valence-electron chi connectivity index (χ4n) is 3.21. The van der Waals surface area contributed by atoms with E-state index in [1.807, 2.05) is 12.1 Å². The summed E-state index contributed by atoms with van der Waals surface area (Å²) in [6.07, 6.45) is 0. The molecule has 4 rings (SSSR count). The molecule has 0 unspecified atom stereocenters. The van der Waals surface area contributed by atoms with Crippen molar-refractivity contribution in [3.05, 3.63) is 57.2 Å². The SMILES string of the molecule is COC(=O)C1=C(C(=O)OC)N(c2ccc3oc(-c4cc(Br)ccc4Cl)nc3c2)COC1. The third kappa shape index (κ3) is 4.04. The zero-order valence-corrected chi connectivity index (χ0v) is 18.8. The number of aromatic nitrogens is 1. The smallest absolute Gasteiger partial charge is 0.355 e. The van der Waals surface area contributed by atoms with Crippen LogP contribution < -0.4 is 4.90 Å². The van der Waals surface area contributed by atoms with Crippen LogP contribution in [-0.2, 0) is 23.8 Å². The molecule has 0 saturated carbocycles. The third-order valence-electron chi connectivity index (χ3n) is 4.67. The number of anilines is 1. The number of hydrogen-bond acceptors (Lipinski definition) is 8. The van der Waals surface area contributed by atoms with Crippen molar-refractivity contribution < 1.29 is 28.2 Å². The monoisotopic (exact) mass is 506 g/mol. The number of carbonyl (C=O) groups excluding carboxylic acids is 2. The van der Waals surface area contributed by atoms with Gasteiger partial charge in [-0.05, 0) is 36.4 Å². The fraction of sp³-hybridized carbons (Fsp3) is 0.190. The predicted octanol–water partition coefficient (Wildman–Crippen LogP) is 4.30. The fourth-order valence-corrected chi connectivity index (χ4v) is 3.77. The molecule has 3 aromatic rings. The van der Waals surface area contributed by atoms with E-state index in [1.165, 1.54) is 19.1 Å². The quantitative estimate of drug-likeness (QED) is 0.483. The number of benzene rings is 2. The topological polar surface area (TPSA) is 91.1 Å². The second kappa shape index (κ2) is 8.70. The summed E-state index contributed by atoms with van der Waals surface area (Å²) in [5, 5.41) is 0.498. The highest BCUT2D eigenvalue weighted by Crippen LogP contribution is 2.34. The zero-order valence-electron chi connectivity index (χ0n) is 16.5. The van der Waals surface area contributed by atoms with Crippen molar-refractivity contribution in [2.24, 2.45) is 0 Å². The molecule has 1 aliphatic rings. The van der Waals surface area contributed by atoms with Crippen molar-refractivity contribution in [1.29, 1.82) is 0 Å². The normalized spacial score (nSPS) is 14.1. The molecule has 0 atom stereocenters. The van der Waals surface area contributed by atoms with Crippen LogP contribution in [0.3, 0.4) is 0 Å². The lowest BCUT2D eigenvalue weighted by Crippen LogP contribution is -2.38. The number of carbonyl (C=O) groups is 2. The highest BCUT2D eigenvalue weighted by atomic mass is 79.9. The van der Waals surface area contributed by atoms with Crippen molar-refractivity contribution in [2.75, 3.05) is 32.5 Å².